The molecule has 36 heavy (non-hydrogen) atoms. The fraction of sp³-hybridized carbons (Fsp3) is 0.464. The molecule has 0 radical (unpaired) electrons. The molecule has 0 bridgehead atoms. The van der Waals surface area contributed by atoms with Crippen LogP contribution in [0.2, 0.25) is 0 Å². The molecule has 0 aliphatic rings. The van der Waals surface area contributed by atoms with Crippen LogP contribution in [0.5, 0.6) is 5.75 Å². The van der Waals surface area contributed by atoms with E-state index in [9.17, 15) is 14.4 Å². The Hall–Kier alpha value is -3.55. The number of alkyl carbamates (subject to hydrolysis) is 1. The quantitative estimate of drug-likeness (QED) is 0.530. The van der Waals surface area contributed by atoms with Gasteiger partial charge in [-0.3, -0.25) is 9.59 Å². The molecule has 0 spiro atoms. The first-order chi connectivity index (χ1) is 16.7. The summed E-state index contributed by atoms with van der Waals surface area (Å²) in [5.74, 6) is -0.118. The molecule has 196 valence electrons. The average molecular weight is 498 g/mol. The van der Waals surface area contributed by atoms with Crippen molar-refractivity contribution in [2.24, 2.45) is 0 Å². The van der Waals surface area contributed by atoms with Crippen molar-refractivity contribution >= 4 is 23.6 Å². The van der Waals surface area contributed by atoms with E-state index in [1.807, 2.05) is 45.0 Å². The van der Waals surface area contributed by atoms with E-state index in [4.69, 9.17) is 9.47 Å². The maximum atomic E-state index is 13.7. The van der Waals surface area contributed by atoms with Gasteiger partial charge in [0.25, 0.3) is 5.91 Å². The Labute approximate surface area is 214 Å². The maximum absolute atomic E-state index is 13.7. The second kappa shape index (κ2) is 11.9. The summed E-state index contributed by atoms with van der Waals surface area (Å²) in [6, 6.07) is 13.7. The first-order valence-electron chi connectivity index (χ1n) is 12.1. The summed E-state index contributed by atoms with van der Waals surface area (Å²) in [4.78, 5) is 40.9. The number of carbonyl (C=O) groups excluding carboxylic acids is 3. The monoisotopic (exact) mass is 497 g/mol. The van der Waals surface area contributed by atoms with E-state index in [-0.39, 0.29) is 12.5 Å². The lowest BCUT2D eigenvalue weighted by Gasteiger charge is -2.41. The van der Waals surface area contributed by atoms with Crippen molar-refractivity contribution in [3.8, 4) is 5.75 Å². The molecule has 0 saturated carbocycles. The van der Waals surface area contributed by atoms with E-state index >= 15 is 0 Å². The van der Waals surface area contributed by atoms with Crippen molar-refractivity contribution in [2.45, 2.75) is 72.1 Å². The highest BCUT2D eigenvalue weighted by molar-refractivity contribution is 5.98. The molecule has 0 heterocycles. The Balaban J connectivity index is 2.40. The van der Waals surface area contributed by atoms with Crippen LogP contribution >= 0.6 is 0 Å². The molecule has 0 fully saturated rings. The Morgan fingerprint density at radius 1 is 0.917 bits per heavy atom. The topological polar surface area (TPSA) is 97.0 Å². The van der Waals surface area contributed by atoms with Gasteiger partial charge in [-0.1, -0.05) is 31.2 Å². The van der Waals surface area contributed by atoms with Gasteiger partial charge in [-0.05, 0) is 83.4 Å². The van der Waals surface area contributed by atoms with E-state index in [1.165, 1.54) is 4.90 Å². The number of hydrogen-bond acceptors (Lipinski definition) is 5. The average Bonchev–Trinajstić information content (AvgIpc) is 2.79. The number of hydrogen-bond donors (Lipinski definition) is 2. The fourth-order valence-electron chi connectivity index (χ4n) is 3.69. The summed E-state index contributed by atoms with van der Waals surface area (Å²) in [7, 11) is 1.57. The Morgan fingerprint density at radius 2 is 1.50 bits per heavy atom. The summed E-state index contributed by atoms with van der Waals surface area (Å²) < 4.78 is 10.5. The van der Waals surface area contributed by atoms with Gasteiger partial charge in [0.1, 0.15) is 23.9 Å². The van der Waals surface area contributed by atoms with Crippen LogP contribution in [0.1, 0.15) is 65.6 Å². The van der Waals surface area contributed by atoms with Gasteiger partial charge < -0.3 is 25.0 Å². The van der Waals surface area contributed by atoms with E-state index in [0.717, 1.165) is 12.0 Å². The van der Waals surface area contributed by atoms with Crippen molar-refractivity contribution in [3.63, 3.8) is 0 Å². The summed E-state index contributed by atoms with van der Waals surface area (Å²) in [5, 5.41) is 5.44. The van der Waals surface area contributed by atoms with Crippen molar-refractivity contribution in [1.29, 1.82) is 0 Å². The Kier molecular flexibility index (Phi) is 9.50. The number of ether oxygens (including phenoxy) is 2. The second-order valence-electron chi connectivity index (χ2n) is 10.5. The van der Waals surface area contributed by atoms with E-state index in [0.29, 0.717) is 17.0 Å². The molecule has 2 rings (SSSR count). The highest BCUT2D eigenvalue weighted by Gasteiger charge is 2.38. The first kappa shape index (κ1) is 28.7. The lowest BCUT2D eigenvalue weighted by Crippen LogP contribution is -2.54. The molecule has 0 aliphatic heterocycles. The van der Waals surface area contributed by atoms with Gasteiger partial charge >= 0.3 is 6.09 Å². The van der Waals surface area contributed by atoms with Gasteiger partial charge in [0, 0.05) is 11.2 Å². The smallest absolute Gasteiger partial charge is 0.408 e. The molecule has 3 amide bonds. The lowest BCUT2D eigenvalue weighted by atomic mass is 9.95. The normalized spacial score (nSPS) is 12.3. The summed E-state index contributed by atoms with van der Waals surface area (Å²) in [5.41, 5.74) is 0.924. The van der Waals surface area contributed by atoms with Gasteiger partial charge in [0.15, 0.2) is 0 Å². The molecule has 8 heteroatoms. The maximum Gasteiger partial charge on any atom is 0.408 e. The number of carbonyl (C=O) groups is 3. The molecule has 1 atom stereocenters. The van der Waals surface area contributed by atoms with Crippen molar-refractivity contribution in [3.05, 3.63) is 59.7 Å². The predicted octanol–water partition coefficient (Wildman–Crippen LogP) is 5.09. The van der Waals surface area contributed by atoms with Gasteiger partial charge in [-0.15, -0.1) is 0 Å². The minimum atomic E-state index is -0.939. The number of nitrogens with zero attached hydrogens (tertiary/aromatic N) is 1. The van der Waals surface area contributed by atoms with Gasteiger partial charge in [0.05, 0.1) is 7.11 Å². The van der Waals surface area contributed by atoms with Crippen molar-refractivity contribution < 1.29 is 23.9 Å². The molecule has 2 aromatic rings. The van der Waals surface area contributed by atoms with Gasteiger partial charge in [-0.2, -0.15) is 0 Å². The minimum absolute atomic E-state index is 0.314. The van der Waals surface area contributed by atoms with Crippen LogP contribution in [0.15, 0.2) is 48.5 Å². The zero-order valence-electron chi connectivity index (χ0n) is 22.6. The number of nitrogens with one attached hydrogen (secondary N) is 2. The van der Waals surface area contributed by atoms with E-state index < -0.39 is 29.2 Å². The largest absolute Gasteiger partial charge is 0.497 e. The minimum Gasteiger partial charge on any atom is -0.497 e. The van der Waals surface area contributed by atoms with Crippen molar-refractivity contribution in [2.75, 3.05) is 19.0 Å². The zero-order chi connectivity index (χ0) is 27.1. The fourth-order valence-corrected chi connectivity index (χ4v) is 3.69. The Morgan fingerprint density at radius 3 is 1.97 bits per heavy atom. The number of rotatable bonds is 8. The SMILES string of the molecule is CCc1ccc(C(C(=O)Nc2ccc(OC)cc2)N(C(=O)CNC(=O)OC(C)(C)C)C(C)(C)C)cc1. The highest BCUT2D eigenvalue weighted by Crippen LogP contribution is 2.31. The van der Waals surface area contributed by atoms with Crippen LogP contribution in [0, 0.1) is 0 Å². The van der Waals surface area contributed by atoms with E-state index in [2.05, 4.69) is 17.6 Å². The number of benzene rings is 2. The summed E-state index contributed by atoms with van der Waals surface area (Å²) in [6.07, 6.45) is 0.154. The van der Waals surface area contributed by atoms with Gasteiger partial charge in [-0.25, -0.2) is 4.79 Å². The standard InChI is InChI=1S/C28H39N3O5/c1-9-19-10-12-20(13-11-19)24(25(33)30-21-14-16-22(35-8)17-15-21)31(27(2,3)4)23(32)18-29-26(34)36-28(5,6)7/h10-17,24H,9,18H2,1-8H3,(H,29,34)(H,30,33). The number of anilines is 1. The van der Waals surface area contributed by atoms with E-state index in [1.54, 1.807) is 52.1 Å². The molecular formula is C28H39N3O5. The molecule has 0 aromatic heterocycles. The van der Waals surface area contributed by atoms with Crippen molar-refractivity contribution in [1.82, 2.24) is 10.2 Å². The third-order valence-corrected chi connectivity index (χ3v) is 5.34. The second-order valence-corrected chi connectivity index (χ2v) is 10.5. The molecule has 0 aliphatic carbocycles. The molecule has 1 unspecified atom stereocenters. The number of aryl methyl sites for hydroxylation is 1. The zero-order valence-corrected chi connectivity index (χ0v) is 22.6. The van der Waals surface area contributed by atoms with Crippen LogP contribution in [0.25, 0.3) is 0 Å². The highest BCUT2D eigenvalue weighted by atomic mass is 16.6. The Bertz CT molecular complexity index is 1030. The summed E-state index contributed by atoms with van der Waals surface area (Å²) >= 11 is 0. The lowest BCUT2D eigenvalue weighted by molar-refractivity contribution is -0.144. The van der Waals surface area contributed by atoms with Crippen LogP contribution in [-0.4, -0.2) is 47.6 Å². The van der Waals surface area contributed by atoms with Crippen LogP contribution in [0.3, 0.4) is 0 Å². The molecule has 2 N–H and O–H groups in total. The summed E-state index contributed by atoms with van der Waals surface area (Å²) in [6.45, 7) is 12.5. The number of amides is 3. The molecular weight excluding hydrogens is 458 g/mol. The predicted molar refractivity (Wildman–Crippen MR) is 141 cm³/mol. The third-order valence-electron chi connectivity index (χ3n) is 5.34. The molecule has 8 nitrogen and oxygen atoms in total. The van der Waals surface area contributed by atoms with Crippen LogP contribution in [0.4, 0.5) is 10.5 Å². The van der Waals surface area contributed by atoms with Gasteiger partial charge in [0.2, 0.25) is 5.91 Å². The number of methoxy groups -OCH3 is 1. The molecule has 0 saturated heterocycles. The first-order valence-corrected chi connectivity index (χ1v) is 12.1. The van der Waals surface area contributed by atoms with Crippen LogP contribution < -0.4 is 15.4 Å². The third kappa shape index (κ3) is 8.29. The molecule has 2 aromatic carbocycles. The van der Waals surface area contributed by atoms with Crippen LogP contribution in [-0.2, 0) is 20.7 Å².